The molecule has 0 aromatic heterocycles. The number of hydrazone groups is 1. The van der Waals surface area contributed by atoms with Crippen molar-refractivity contribution in [2.45, 2.75) is 26.4 Å². The standard InChI is InChI=1S/C24H23BrN2O2/c1-2-18-6-8-19(9-7-18)15-24(28)27-26-16-21-4-3-5-23(14-21)29-17-20-10-12-22(25)13-11-20/h3-14,16H,2,15,17H2,1H3,(H,27,28)/b26-16+. The number of hydrogen-bond acceptors (Lipinski definition) is 3. The summed E-state index contributed by atoms with van der Waals surface area (Å²) in [7, 11) is 0. The molecule has 0 spiro atoms. The molecule has 3 rings (SSSR count). The number of hydrogen-bond donors (Lipinski definition) is 1. The van der Waals surface area contributed by atoms with Crippen LogP contribution in [-0.2, 0) is 24.2 Å². The van der Waals surface area contributed by atoms with Crippen LogP contribution in [0.4, 0.5) is 0 Å². The summed E-state index contributed by atoms with van der Waals surface area (Å²) in [6, 6.07) is 23.7. The number of carbonyl (C=O) groups excluding carboxylic acids is 1. The minimum atomic E-state index is -0.145. The lowest BCUT2D eigenvalue weighted by Gasteiger charge is -2.07. The Morgan fingerprint density at radius 2 is 1.69 bits per heavy atom. The molecule has 0 saturated carbocycles. The molecule has 1 amide bonds. The van der Waals surface area contributed by atoms with Crippen molar-refractivity contribution >= 4 is 28.1 Å². The van der Waals surface area contributed by atoms with E-state index in [1.165, 1.54) is 5.56 Å². The molecule has 29 heavy (non-hydrogen) atoms. The van der Waals surface area contributed by atoms with E-state index in [2.05, 4.69) is 33.4 Å². The fourth-order valence-electron chi connectivity index (χ4n) is 2.73. The maximum absolute atomic E-state index is 12.1. The van der Waals surface area contributed by atoms with Crippen LogP contribution in [-0.4, -0.2) is 12.1 Å². The highest BCUT2D eigenvalue weighted by atomic mass is 79.9. The number of halogens is 1. The third kappa shape index (κ3) is 6.88. The second-order valence-electron chi connectivity index (χ2n) is 6.63. The largest absolute Gasteiger partial charge is 0.489 e. The maximum Gasteiger partial charge on any atom is 0.244 e. The van der Waals surface area contributed by atoms with Gasteiger partial charge in [0.15, 0.2) is 0 Å². The minimum Gasteiger partial charge on any atom is -0.489 e. The zero-order chi connectivity index (χ0) is 20.5. The van der Waals surface area contributed by atoms with Gasteiger partial charge in [-0.1, -0.05) is 71.4 Å². The van der Waals surface area contributed by atoms with Crippen molar-refractivity contribution in [2.24, 2.45) is 5.10 Å². The van der Waals surface area contributed by atoms with Crippen LogP contribution in [0.5, 0.6) is 5.75 Å². The van der Waals surface area contributed by atoms with Crippen LogP contribution in [0, 0.1) is 0 Å². The van der Waals surface area contributed by atoms with Gasteiger partial charge in [0.1, 0.15) is 12.4 Å². The minimum absolute atomic E-state index is 0.145. The molecule has 0 unspecified atom stereocenters. The molecule has 0 radical (unpaired) electrons. The van der Waals surface area contributed by atoms with Crippen molar-refractivity contribution in [1.29, 1.82) is 0 Å². The summed E-state index contributed by atoms with van der Waals surface area (Å²) in [6.07, 6.45) is 2.91. The van der Waals surface area contributed by atoms with E-state index in [-0.39, 0.29) is 5.91 Å². The smallest absolute Gasteiger partial charge is 0.244 e. The third-order valence-electron chi connectivity index (χ3n) is 4.38. The number of nitrogens with zero attached hydrogens (tertiary/aromatic N) is 1. The first-order valence-corrected chi connectivity index (χ1v) is 10.3. The molecule has 3 aromatic rings. The second-order valence-corrected chi connectivity index (χ2v) is 7.54. The number of nitrogens with one attached hydrogen (secondary N) is 1. The topological polar surface area (TPSA) is 50.7 Å². The zero-order valence-corrected chi connectivity index (χ0v) is 17.9. The van der Waals surface area contributed by atoms with Crippen molar-refractivity contribution in [3.8, 4) is 5.75 Å². The van der Waals surface area contributed by atoms with Gasteiger partial charge in [-0.3, -0.25) is 4.79 Å². The third-order valence-corrected chi connectivity index (χ3v) is 4.90. The lowest BCUT2D eigenvalue weighted by molar-refractivity contribution is -0.120. The molecule has 148 valence electrons. The number of amides is 1. The van der Waals surface area contributed by atoms with E-state index >= 15 is 0 Å². The molecule has 0 heterocycles. The van der Waals surface area contributed by atoms with E-state index in [9.17, 15) is 4.79 Å². The molecular weight excluding hydrogens is 428 g/mol. The lowest BCUT2D eigenvalue weighted by Crippen LogP contribution is -2.19. The van der Waals surface area contributed by atoms with E-state index in [4.69, 9.17) is 4.74 Å². The second kappa shape index (κ2) is 10.6. The summed E-state index contributed by atoms with van der Waals surface area (Å²) >= 11 is 3.42. The number of rotatable bonds is 8. The fraction of sp³-hybridized carbons (Fsp3) is 0.167. The van der Waals surface area contributed by atoms with E-state index in [0.29, 0.717) is 13.0 Å². The Labute approximate surface area is 179 Å². The summed E-state index contributed by atoms with van der Waals surface area (Å²) in [6.45, 7) is 2.60. The lowest BCUT2D eigenvalue weighted by atomic mass is 10.1. The first kappa shape index (κ1) is 20.8. The van der Waals surface area contributed by atoms with E-state index in [1.807, 2.05) is 72.8 Å². The first-order chi connectivity index (χ1) is 14.1. The fourth-order valence-corrected chi connectivity index (χ4v) is 2.99. The Bertz CT molecular complexity index is 967. The molecule has 5 heteroatoms. The predicted octanol–water partition coefficient (Wildman–Crippen LogP) is 5.28. The van der Waals surface area contributed by atoms with Crippen LogP contribution in [0.3, 0.4) is 0 Å². The highest BCUT2D eigenvalue weighted by Gasteiger charge is 2.02. The van der Waals surface area contributed by atoms with Crippen LogP contribution in [0.2, 0.25) is 0 Å². The first-order valence-electron chi connectivity index (χ1n) is 9.49. The predicted molar refractivity (Wildman–Crippen MR) is 120 cm³/mol. The molecule has 0 fully saturated rings. The zero-order valence-electron chi connectivity index (χ0n) is 16.3. The molecule has 4 nitrogen and oxygen atoms in total. The quantitative estimate of drug-likeness (QED) is 0.374. The molecule has 1 N–H and O–H groups in total. The number of aryl methyl sites for hydroxylation is 1. The van der Waals surface area contributed by atoms with Gasteiger partial charge in [-0.05, 0) is 52.9 Å². The highest BCUT2D eigenvalue weighted by molar-refractivity contribution is 9.10. The molecule has 0 bridgehead atoms. The van der Waals surface area contributed by atoms with Gasteiger partial charge in [0.05, 0.1) is 12.6 Å². The van der Waals surface area contributed by atoms with Gasteiger partial charge in [0, 0.05) is 4.47 Å². The highest BCUT2D eigenvalue weighted by Crippen LogP contribution is 2.16. The Kier molecular flexibility index (Phi) is 7.59. The Morgan fingerprint density at radius 3 is 2.41 bits per heavy atom. The van der Waals surface area contributed by atoms with E-state index < -0.39 is 0 Å². The Morgan fingerprint density at radius 1 is 1.00 bits per heavy atom. The number of benzene rings is 3. The molecule has 0 aliphatic heterocycles. The van der Waals surface area contributed by atoms with Crippen LogP contribution < -0.4 is 10.2 Å². The average molecular weight is 451 g/mol. The summed E-state index contributed by atoms with van der Waals surface area (Å²) in [5.74, 6) is 0.604. The summed E-state index contributed by atoms with van der Waals surface area (Å²) in [4.78, 5) is 12.1. The molecule has 0 saturated heterocycles. The molecule has 0 aliphatic rings. The van der Waals surface area contributed by atoms with E-state index in [1.54, 1.807) is 6.21 Å². The summed E-state index contributed by atoms with van der Waals surface area (Å²) in [5, 5.41) is 4.06. The van der Waals surface area contributed by atoms with Gasteiger partial charge in [0.25, 0.3) is 0 Å². The number of ether oxygens (including phenoxy) is 1. The van der Waals surface area contributed by atoms with Crippen molar-refractivity contribution < 1.29 is 9.53 Å². The van der Waals surface area contributed by atoms with Gasteiger partial charge in [-0.15, -0.1) is 0 Å². The summed E-state index contributed by atoms with van der Waals surface area (Å²) < 4.78 is 6.87. The van der Waals surface area contributed by atoms with Crippen LogP contribution in [0.1, 0.15) is 29.2 Å². The average Bonchev–Trinajstić information content (AvgIpc) is 2.74. The van der Waals surface area contributed by atoms with Gasteiger partial charge < -0.3 is 4.74 Å². The van der Waals surface area contributed by atoms with Crippen LogP contribution >= 0.6 is 15.9 Å². The van der Waals surface area contributed by atoms with Crippen LogP contribution in [0.25, 0.3) is 0 Å². The van der Waals surface area contributed by atoms with Gasteiger partial charge >= 0.3 is 0 Å². The van der Waals surface area contributed by atoms with E-state index in [0.717, 1.165) is 33.3 Å². The van der Waals surface area contributed by atoms with Crippen molar-refractivity contribution in [3.05, 3.63) is 99.5 Å². The normalized spacial score (nSPS) is 10.8. The SMILES string of the molecule is CCc1ccc(CC(=O)N/N=C/c2cccc(OCc3ccc(Br)cc3)c2)cc1. The maximum atomic E-state index is 12.1. The van der Waals surface area contributed by atoms with Gasteiger partial charge in [-0.2, -0.15) is 5.10 Å². The van der Waals surface area contributed by atoms with Gasteiger partial charge in [0.2, 0.25) is 5.91 Å². The molecule has 3 aromatic carbocycles. The Hall–Kier alpha value is -2.92. The monoisotopic (exact) mass is 450 g/mol. The Balaban J connectivity index is 1.50. The summed E-state index contributed by atoms with van der Waals surface area (Å²) in [5.41, 5.74) is 6.75. The van der Waals surface area contributed by atoms with Crippen molar-refractivity contribution in [1.82, 2.24) is 5.43 Å². The number of carbonyl (C=O) groups is 1. The van der Waals surface area contributed by atoms with Gasteiger partial charge in [-0.25, -0.2) is 5.43 Å². The van der Waals surface area contributed by atoms with Crippen LogP contribution in [0.15, 0.2) is 82.4 Å². The van der Waals surface area contributed by atoms with Crippen molar-refractivity contribution in [2.75, 3.05) is 0 Å². The molecule has 0 aliphatic carbocycles. The van der Waals surface area contributed by atoms with Crippen molar-refractivity contribution in [3.63, 3.8) is 0 Å². The molecular formula is C24H23BrN2O2. The molecule has 0 atom stereocenters.